The lowest BCUT2D eigenvalue weighted by Crippen LogP contribution is -2.48. The van der Waals surface area contributed by atoms with Gasteiger partial charge in [-0.05, 0) is 146 Å². The maximum absolute atomic E-state index is 15.0. The first kappa shape index (κ1) is 38.6. The van der Waals surface area contributed by atoms with E-state index in [1.807, 2.05) is 17.0 Å². The first-order valence-corrected chi connectivity index (χ1v) is 21.1. The lowest BCUT2D eigenvalue weighted by molar-refractivity contribution is -0.00613. The van der Waals surface area contributed by atoms with E-state index < -0.39 is 23.2 Å². The fourth-order valence-electron chi connectivity index (χ4n) is 11.2. The third-order valence-corrected chi connectivity index (χ3v) is 14.0. The number of ether oxygens (including phenoxy) is 1. The van der Waals surface area contributed by atoms with Crippen LogP contribution in [0.2, 0.25) is 5.02 Å². The van der Waals surface area contributed by atoms with E-state index in [4.69, 9.17) is 22.1 Å². The quantitative estimate of drug-likeness (QED) is 0.148. The van der Waals surface area contributed by atoms with Crippen LogP contribution in [0.15, 0.2) is 71.7 Å². The zero-order valence-corrected chi connectivity index (χ0v) is 33.4. The molecule has 9 nitrogen and oxygen atoms in total. The van der Waals surface area contributed by atoms with Crippen molar-refractivity contribution >= 4 is 50.9 Å². The van der Waals surface area contributed by atoms with Crippen molar-refractivity contribution in [1.29, 1.82) is 0 Å². The van der Waals surface area contributed by atoms with E-state index in [2.05, 4.69) is 30.3 Å². The Balaban J connectivity index is 0.000000152. The van der Waals surface area contributed by atoms with Gasteiger partial charge in [0.25, 0.3) is 0 Å². The molecule has 4 bridgehead atoms. The predicted octanol–water partition coefficient (Wildman–Crippen LogP) is 9.83. The fraction of sp³-hybridized carbons (Fsp3) is 0.426. The summed E-state index contributed by atoms with van der Waals surface area (Å²) in [7, 11) is 1.80. The normalized spacial score (nSPS) is 25.0. The van der Waals surface area contributed by atoms with E-state index in [1.165, 1.54) is 61.4 Å². The van der Waals surface area contributed by atoms with Crippen LogP contribution < -0.4 is 20.8 Å². The summed E-state index contributed by atoms with van der Waals surface area (Å²) >= 11 is 6.63. The number of anilines is 1. The summed E-state index contributed by atoms with van der Waals surface area (Å²) < 4.78 is 22.6. The van der Waals surface area contributed by atoms with Gasteiger partial charge in [0.1, 0.15) is 17.1 Å². The predicted molar refractivity (Wildman–Crippen MR) is 225 cm³/mol. The monoisotopic (exact) mass is 805 g/mol. The summed E-state index contributed by atoms with van der Waals surface area (Å²) in [5.74, 6) is 0.883. The molecule has 1 aliphatic heterocycles. The molecule has 1 saturated heterocycles. The zero-order chi connectivity index (χ0) is 40.5. The summed E-state index contributed by atoms with van der Waals surface area (Å²) in [6.45, 7) is 1.12. The highest BCUT2D eigenvalue weighted by molar-refractivity contribution is 6.38. The molecule has 2 heterocycles. The van der Waals surface area contributed by atoms with Crippen molar-refractivity contribution < 1.29 is 28.9 Å². The number of pyridine rings is 1. The molecular formula is C47H49ClFN3O6. The van der Waals surface area contributed by atoms with Gasteiger partial charge in [-0.25, -0.2) is 14.0 Å². The van der Waals surface area contributed by atoms with E-state index in [9.17, 15) is 24.6 Å². The summed E-state index contributed by atoms with van der Waals surface area (Å²) in [6, 6.07) is 19.5. The first-order valence-electron chi connectivity index (χ1n) is 20.7. The summed E-state index contributed by atoms with van der Waals surface area (Å²) in [5, 5.41) is 20.8. The van der Waals surface area contributed by atoms with Crippen molar-refractivity contribution in [3.8, 4) is 16.9 Å². The van der Waals surface area contributed by atoms with Gasteiger partial charge in [0.05, 0.1) is 34.3 Å². The molecule has 4 aromatic carbocycles. The Bertz CT molecular complexity index is 2500. The van der Waals surface area contributed by atoms with Gasteiger partial charge in [0.15, 0.2) is 0 Å². The smallest absolute Gasteiger partial charge is 0.341 e. The number of carbonyl (C=O) groups is 2. The van der Waals surface area contributed by atoms with Crippen LogP contribution in [0.3, 0.4) is 0 Å². The van der Waals surface area contributed by atoms with Crippen LogP contribution in [0, 0.1) is 23.6 Å². The minimum atomic E-state index is -1.32. The molecule has 11 rings (SSSR count). The highest BCUT2D eigenvalue weighted by Gasteiger charge is 2.52. The van der Waals surface area contributed by atoms with Crippen molar-refractivity contribution in [1.82, 2.24) is 4.57 Å². The number of nitrogens with zero attached hydrogens (tertiary/aromatic N) is 2. The molecule has 0 unspecified atom stereocenters. The van der Waals surface area contributed by atoms with Crippen LogP contribution in [-0.2, 0) is 5.41 Å². The van der Waals surface area contributed by atoms with E-state index >= 15 is 4.39 Å². The number of benzene rings is 4. The number of aromatic carboxylic acids is 2. The van der Waals surface area contributed by atoms with Crippen molar-refractivity contribution in [3.63, 3.8) is 0 Å². The lowest BCUT2D eigenvalue weighted by Gasteiger charge is -2.57. The summed E-state index contributed by atoms with van der Waals surface area (Å²) in [5.41, 5.74) is 10.1. The Hall–Kier alpha value is -4.93. The highest BCUT2D eigenvalue weighted by Crippen LogP contribution is 2.62. The molecule has 302 valence electrons. The van der Waals surface area contributed by atoms with Crippen LogP contribution in [0.1, 0.15) is 103 Å². The molecule has 5 aliphatic carbocycles. The third-order valence-electron chi connectivity index (χ3n) is 13.6. The van der Waals surface area contributed by atoms with Crippen molar-refractivity contribution in [2.45, 2.75) is 88.1 Å². The molecule has 58 heavy (non-hydrogen) atoms. The van der Waals surface area contributed by atoms with E-state index in [0.717, 1.165) is 72.4 Å². The molecule has 6 fully saturated rings. The van der Waals surface area contributed by atoms with Crippen LogP contribution in [0.5, 0.6) is 5.75 Å². The van der Waals surface area contributed by atoms with Gasteiger partial charge in [-0.15, -0.1) is 0 Å². The molecular weight excluding hydrogens is 757 g/mol. The third kappa shape index (κ3) is 7.02. The van der Waals surface area contributed by atoms with E-state index in [0.29, 0.717) is 24.2 Å². The van der Waals surface area contributed by atoms with E-state index in [-0.39, 0.29) is 39.2 Å². The molecule has 5 aromatic rings. The Morgan fingerprint density at radius 2 is 1.52 bits per heavy atom. The molecule has 5 saturated carbocycles. The van der Waals surface area contributed by atoms with Gasteiger partial charge in [-0.1, -0.05) is 42.3 Å². The molecule has 1 aromatic heterocycles. The number of rotatable bonds is 7. The molecule has 4 N–H and O–H groups in total. The summed E-state index contributed by atoms with van der Waals surface area (Å²) in [4.78, 5) is 37.2. The Morgan fingerprint density at radius 3 is 2.17 bits per heavy atom. The van der Waals surface area contributed by atoms with Crippen molar-refractivity contribution in [2.24, 2.45) is 23.5 Å². The van der Waals surface area contributed by atoms with Crippen molar-refractivity contribution in [3.05, 3.63) is 105 Å². The van der Waals surface area contributed by atoms with Gasteiger partial charge < -0.3 is 30.2 Å². The van der Waals surface area contributed by atoms with Gasteiger partial charge in [0, 0.05) is 36.9 Å². The molecule has 6 aliphatic rings. The lowest BCUT2D eigenvalue weighted by atomic mass is 9.48. The van der Waals surface area contributed by atoms with Gasteiger partial charge in [0.2, 0.25) is 5.43 Å². The minimum Gasteiger partial charge on any atom is -0.496 e. The SMILES string of the molecule is COc1ccc(-c2ccc3cc(C(=O)O)ccc3c2)cc1C12CC3CC(CC(C3)C1)C2.N[C@@H]1CCCCN(c2c(F)cc3c(=O)c(C(=O)O)cn(C4CC4)c3c2Cl)C1. The molecule has 11 heteroatoms. The maximum Gasteiger partial charge on any atom is 0.341 e. The largest absolute Gasteiger partial charge is 0.496 e. The number of carboxylic acids is 2. The number of fused-ring (bicyclic) bond motifs is 2. The topological polar surface area (TPSA) is 135 Å². The maximum atomic E-state index is 15.0. The number of hydrogen-bond donors (Lipinski definition) is 3. The Kier molecular flexibility index (Phi) is 9.99. The van der Waals surface area contributed by atoms with Gasteiger partial charge in [-0.2, -0.15) is 0 Å². The molecule has 0 amide bonds. The van der Waals surface area contributed by atoms with Crippen LogP contribution in [-0.4, -0.2) is 53.0 Å². The number of halogens is 2. The number of methoxy groups -OCH3 is 1. The standard InChI is InChI=1S/C28H28O3.C19H21ClFN3O3/c1-31-26-7-6-23(21-2-3-22-12-24(27(29)30)5-4-20(22)11-21)13-25(26)28-14-17-8-18(15-28)10-19(9-17)16-28;20-15-16-12(18(25)13(19(26)27)9-24(16)11-4-5-11)7-14(21)17(15)23-6-2-1-3-10(22)8-23/h2-7,11-13,17-19H,8-10,14-16H2,1H3,(H,29,30);7,9-11H,1-6,8,22H2,(H,26,27)/t;10-/m.1/s1. The van der Waals surface area contributed by atoms with Crippen LogP contribution >= 0.6 is 11.6 Å². The fourth-order valence-corrected chi connectivity index (χ4v) is 11.6. The first-order chi connectivity index (χ1) is 27.9. The van der Waals surface area contributed by atoms with Gasteiger partial charge in [-0.3, -0.25) is 4.79 Å². The average Bonchev–Trinajstić information content (AvgIpc) is 4.06. The van der Waals surface area contributed by atoms with Gasteiger partial charge >= 0.3 is 11.9 Å². The highest BCUT2D eigenvalue weighted by atomic mass is 35.5. The number of aromatic nitrogens is 1. The van der Waals surface area contributed by atoms with Crippen LogP contribution in [0.4, 0.5) is 10.1 Å². The Morgan fingerprint density at radius 1 is 0.862 bits per heavy atom. The zero-order valence-electron chi connectivity index (χ0n) is 32.7. The second kappa shape index (κ2) is 15.0. The van der Waals surface area contributed by atoms with Crippen molar-refractivity contribution in [2.75, 3.05) is 25.1 Å². The number of hydrogen-bond acceptors (Lipinski definition) is 6. The van der Waals surface area contributed by atoms with E-state index in [1.54, 1.807) is 23.8 Å². The average molecular weight is 806 g/mol. The molecule has 0 spiro atoms. The second-order valence-electron chi connectivity index (χ2n) is 17.6. The second-order valence-corrected chi connectivity index (χ2v) is 18.0. The minimum absolute atomic E-state index is 0.00664. The van der Waals surface area contributed by atoms with Crippen LogP contribution in [0.25, 0.3) is 32.8 Å². The molecule has 1 atom stereocenters. The Labute approximate surface area is 341 Å². The summed E-state index contributed by atoms with van der Waals surface area (Å²) in [6.07, 6.45) is 14.1. The number of carboxylic acid groups (broad SMARTS) is 2. The number of nitrogens with two attached hydrogens (primary N) is 1. The molecule has 0 radical (unpaired) electrons.